The van der Waals surface area contributed by atoms with E-state index in [9.17, 15) is 8.42 Å². The van der Waals surface area contributed by atoms with Crippen molar-refractivity contribution in [3.05, 3.63) is 29.8 Å². The first-order valence-electron chi connectivity index (χ1n) is 8.67. The Kier molecular flexibility index (Phi) is 5.07. The van der Waals surface area contributed by atoms with Gasteiger partial charge in [0.25, 0.3) is 0 Å². The van der Waals surface area contributed by atoms with Crippen molar-refractivity contribution in [2.75, 3.05) is 29.5 Å². The minimum atomic E-state index is -2.79. The Balaban J connectivity index is 1.51. The van der Waals surface area contributed by atoms with Crippen LogP contribution >= 0.6 is 0 Å². The van der Waals surface area contributed by atoms with Gasteiger partial charge in [0.1, 0.15) is 0 Å². The van der Waals surface area contributed by atoms with Crippen LogP contribution in [0.5, 0.6) is 0 Å². The van der Waals surface area contributed by atoms with E-state index in [0.29, 0.717) is 13.1 Å². The molecule has 0 aromatic heterocycles. The van der Waals surface area contributed by atoms with Crippen molar-refractivity contribution >= 4 is 15.5 Å². The highest BCUT2D eigenvalue weighted by Gasteiger charge is 2.21. The third-order valence-electron chi connectivity index (χ3n) is 5.21. The first kappa shape index (κ1) is 15.9. The average molecular weight is 321 g/mol. The van der Waals surface area contributed by atoms with E-state index < -0.39 is 9.84 Å². The molecule has 2 aliphatic rings. The maximum Gasteiger partial charge on any atom is 0.153 e. The zero-order valence-corrected chi connectivity index (χ0v) is 14.2. The van der Waals surface area contributed by atoms with Crippen molar-refractivity contribution < 1.29 is 8.42 Å². The van der Waals surface area contributed by atoms with Crippen molar-refractivity contribution in [2.45, 2.75) is 44.9 Å². The van der Waals surface area contributed by atoms with Gasteiger partial charge in [-0.25, -0.2) is 8.42 Å². The lowest BCUT2D eigenvalue weighted by molar-refractivity contribution is 0.339. The van der Waals surface area contributed by atoms with Gasteiger partial charge in [0.2, 0.25) is 0 Å². The maximum absolute atomic E-state index is 11.5. The predicted octanol–water partition coefficient (Wildman–Crippen LogP) is 3.43. The van der Waals surface area contributed by atoms with E-state index in [2.05, 4.69) is 29.2 Å². The fraction of sp³-hybridized carbons (Fsp3) is 0.667. The van der Waals surface area contributed by atoms with Crippen LogP contribution in [0, 0.1) is 5.92 Å². The van der Waals surface area contributed by atoms with Crippen LogP contribution in [0.3, 0.4) is 0 Å². The van der Waals surface area contributed by atoms with Crippen LogP contribution < -0.4 is 4.90 Å². The number of rotatable bonds is 4. The molecular formula is C18H27NO2S. The third kappa shape index (κ3) is 4.25. The zero-order valence-electron chi connectivity index (χ0n) is 13.3. The molecule has 0 unspecified atom stereocenters. The number of sulfone groups is 1. The van der Waals surface area contributed by atoms with Crippen molar-refractivity contribution in [3.63, 3.8) is 0 Å². The first-order valence-corrected chi connectivity index (χ1v) is 10.5. The highest BCUT2D eigenvalue weighted by Crippen LogP contribution is 2.28. The van der Waals surface area contributed by atoms with Crippen LogP contribution in [0.1, 0.15) is 44.1 Å². The van der Waals surface area contributed by atoms with Gasteiger partial charge >= 0.3 is 0 Å². The molecule has 4 heteroatoms. The van der Waals surface area contributed by atoms with Gasteiger partial charge in [-0.1, -0.05) is 44.2 Å². The highest BCUT2D eigenvalue weighted by molar-refractivity contribution is 7.91. The van der Waals surface area contributed by atoms with Gasteiger partial charge in [0.05, 0.1) is 11.5 Å². The lowest BCUT2D eigenvalue weighted by Gasteiger charge is -2.29. The smallest absolute Gasteiger partial charge is 0.153 e. The van der Waals surface area contributed by atoms with Crippen molar-refractivity contribution in [2.24, 2.45) is 5.92 Å². The Morgan fingerprint density at radius 2 is 1.59 bits per heavy atom. The van der Waals surface area contributed by atoms with Crippen molar-refractivity contribution in [1.82, 2.24) is 0 Å². The third-order valence-corrected chi connectivity index (χ3v) is 6.82. The Labute approximate surface area is 134 Å². The van der Waals surface area contributed by atoms with Crippen LogP contribution in [-0.4, -0.2) is 33.0 Å². The largest absolute Gasteiger partial charge is 0.369 e. The number of hydrogen-bond donors (Lipinski definition) is 0. The van der Waals surface area contributed by atoms with Gasteiger partial charge in [-0.05, 0) is 36.5 Å². The zero-order chi connectivity index (χ0) is 15.4. The summed E-state index contributed by atoms with van der Waals surface area (Å²) in [5.41, 5.74) is 2.58. The summed E-state index contributed by atoms with van der Waals surface area (Å²) in [4.78, 5) is 2.19. The van der Waals surface area contributed by atoms with Crippen LogP contribution in [0.15, 0.2) is 24.3 Å². The number of aryl methyl sites for hydroxylation is 1. The van der Waals surface area contributed by atoms with Crippen LogP contribution in [0.25, 0.3) is 0 Å². The van der Waals surface area contributed by atoms with E-state index in [0.717, 1.165) is 11.6 Å². The quantitative estimate of drug-likeness (QED) is 0.852. The summed E-state index contributed by atoms with van der Waals surface area (Å²) in [6, 6.07) is 8.77. The van der Waals surface area contributed by atoms with E-state index in [4.69, 9.17) is 0 Å². The fourth-order valence-electron chi connectivity index (χ4n) is 3.69. The van der Waals surface area contributed by atoms with Crippen molar-refractivity contribution in [3.8, 4) is 0 Å². The topological polar surface area (TPSA) is 37.4 Å². The van der Waals surface area contributed by atoms with Crippen molar-refractivity contribution in [1.29, 1.82) is 0 Å². The molecule has 3 rings (SSSR count). The van der Waals surface area contributed by atoms with Crippen LogP contribution in [0.2, 0.25) is 0 Å². The minimum absolute atomic E-state index is 0.288. The molecule has 1 aliphatic carbocycles. The predicted molar refractivity (Wildman–Crippen MR) is 92.2 cm³/mol. The first-order chi connectivity index (χ1) is 10.6. The number of nitrogens with zero attached hydrogens (tertiary/aromatic N) is 1. The molecule has 3 nitrogen and oxygen atoms in total. The molecule has 0 spiro atoms. The van der Waals surface area contributed by atoms with E-state index in [1.165, 1.54) is 50.5 Å². The van der Waals surface area contributed by atoms with Crippen LogP contribution in [0.4, 0.5) is 5.69 Å². The summed E-state index contributed by atoms with van der Waals surface area (Å²) in [6.45, 7) is 1.26. The fourth-order valence-corrected chi connectivity index (χ4v) is 4.89. The lowest BCUT2D eigenvalue weighted by Crippen LogP contribution is -2.40. The summed E-state index contributed by atoms with van der Waals surface area (Å²) in [5, 5.41) is 0. The molecule has 1 heterocycles. The summed E-state index contributed by atoms with van der Waals surface area (Å²) in [7, 11) is -2.79. The second-order valence-corrected chi connectivity index (χ2v) is 9.15. The summed E-state index contributed by atoms with van der Waals surface area (Å²) in [6.07, 6.45) is 9.60. The Hall–Kier alpha value is -1.03. The van der Waals surface area contributed by atoms with Gasteiger partial charge in [0.15, 0.2) is 9.84 Å². The molecule has 1 aromatic rings. The van der Waals surface area contributed by atoms with Gasteiger partial charge in [-0.3, -0.25) is 0 Å². The van der Waals surface area contributed by atoms with Gasteiger partial charge in [-0.2, -0.15) is 0 Å². The molecule has 1 aromatic carbocycles. The van der Waals surface area contributed by atoms with Crippen LogP contribution in [-0.2, 0) is 16.3 Å². The molecule has 1 saturated carbocycles. The van der Waals surface area contributed by atoms with E-state index in [-0.39, 0.29) is 11.5 Å². The summed E-state index contributed by atoms with van der Waals surface area (Å²) < 4.78 is 23.0. The van der Waals surface area contributed by atoms with Gasteiger partial charge in [0, 0.05) is 18.8 Å². The molecule has 2 fully saturated rings. The minimum Gasteiger partial charge on any atom is -0.369 e. The molecule has 0 amide bonds. The summed E-state index contributed by atoms with van der Waals surface area (Å²) in [5.74, 6) is 1.51. The maximum atomic E-state index is 11.5. The van der Waals surface area contributed by atoms with Gasteiger partial charge < -0.3 is 4.90 Å². The number of benzene rings is 1. The lowest BCUT2D eigenvalue weighted by atomic mass is 9.85. The molecule has 0 atom stereocenters. The standard InChI is InChI=1S/C18H27NO2S/c20-22(21)14-12-19(13-15-22)18-10-8-17(9-11-18)7-6-16-4-2-1-3-5-16/h8-11,16H,1-7,12-15H2. The molecule has 0 radical (unpaired) electrons. The van der Waals surface area contributed by atoms with Gasteiger partial charge in [-0.15, -0.1) is 0 Å². The molecular weight excluding hydrogens is 294 g/mol. The van der Waals surface area contributed by atoms with E-state index in [1.54, 1.807) is 0 Å². The Bertz CT molecular complexity index is 560. The molecule has 122 valence electrons. The molecule has 0 bridgehead atoms. The normalized spacial score (nSPS) is 22.6. The van der Waals surface area contributed by atoms with E-state index >= 15 is 0 Å². The molecule has 1 aliphatic heterocycles. The second kappa shape index (κ2) is 7.03. The molecule has 1 saturated heterocycles. The van der Waals surface area contributed by atoms with E-state index in [1.807, 2.05) is 0 Å². The SMILES string of the molecule is O=S1(=O)CCN(c2ccc(CCC3CCCCC3)cc2)CC1. The molecule has 22 heavy (non-hydrogen) atoms. The number of anilines is 1. The Morgan fingerprint density at radius 3 is 2.23 bits per heavy atom. The monoisotopic (exact) mass is 321 g/mol. The number of hydrogen-bond acceptors (Lipinski definition) is 3. The Morgan fingerprint density at radius 1 is 0.955 bits per heavy atom. The average Bonchev–Trinajstić information content (AvgIpc) is 2.55. The molecule has 0 N–H and O–H groups in total. The highest BCUT2D eigenvalue weighted by atomic mass is 32.2. The second-order valence-electron chi connectivity index (χ2n) is 6.85. The summed E-state index contributed by atoms with van der Waals surface area (Å²) >= 11 is 0.